The van der Waals surface area contributed by atoms with E-state index >= 15 is 0 Å². The lowest BCUT2D eigenvalue weighted by atomic mass is 10.1. The quantitative estimate of drug-likeness (QED) is 0.700. The number of allylic oxidation sites excluding steroid dienone is 2. The largest absolute Gasteiger partial charge is 0.464 e. The molecule has 2 aliphatic rings. The molecule has 2 aromatic heterocycles. The molecule has 30 heavy (non-hydrogen) atoms. The molecule has 0 radical (unpaired) electrons. The van der Waals surface area contributed by atoms with E-state index in [-0.39, 0.29) is 40.9 Å². The van der Waals surface area contributed by atoms with Gasteiger partial charge in [0.25, 0.3) is 15.9 Å². The molecule has 2 aromatic rings. The van der Waals surface area contributed by atoms with E-state index in [9.17, 15) is 18.0 Å². The summed E-state index contributed by atoms with van der Waals surface area (Å²) in [4.78, 5) is 27.1. The van der Waals surface area contributed by atoms with Crippen LogP contribution in [0.15, 0.2) is 56.5 Å². The molecule has 4 rings (SSSR count). The van der Waals surface area contributed by atoms with Crippen LogP contribution in [0.1, 0.15) is 17.3 Å². The lowest BCUT2D eigenvalue weighted by Crippen LogP contribution is -2.40. The van der Waals surface area contributed by atoms with Crippen molar-refractivity contribution >= 4 is 44.1 Å². The maximum atomic E-state index is 13.0. The van der Waals surface area contributed by atoms with Crippen molar-refractivity contribution in [2.24, 2.45) is 4.40 Å². The Bertz CT molecular complexity index is 1190. The highest BCUT2D eigenvalue weighted by Gasteiger charge is 2.31. The van der Waals surface area contributed by atoms with Crippen molar-refractivity contribution in [2.45, 2.75) is 6.92 Å². The molecule has 0 aliphatic carbocycles. The van der Waals surface area contributed by atoms with E-state index in [0.717, 1.165) is 11.3 Å². The molecule has 4 heterocycles. The van der Waals surface area contributed by atoms with E-state index in [2.05, 4.69) is 9.71 Å². The number of carbonyl (C=O) groups is 2. The molecular weight excluding hydrogens is 430 g/mol. The molecule has 1 amide bonds. The van der Waals surface area contributed by atoms with Gasteiger partial charge in [0.05, 0.1) is 24.2 Å². The average molecular weight is 447 g/mol. The third kappa shape index (κ3) is 3.81. The predicted octanol–water partition coefficient (Wildman–Crippen LogP) is 2.62. The number of ether oxygens (including phenoxy) is 1. The first-order valence-electron chi connectivity index (χ1n) is 9.01. The van der Waals surface area contributed by atoms with Gasteiger partial charge in [-0.25, -0.2) is 13.2 Å². The zero-order valence-electron chi connectivity index (χ0n) is 15.8. The van der Waals surface area contributed by atoms with Crippen LogP contribution in [0.2, 0.25) is 0 Å². The Morgan fingerprint density at radius 1 is 1.40 bits per heavy atom. The smallest absolute Gasteiger partial charge is 0.341 e. The van der Waals surface area contributed by atoms with Gasteiger partial charge in [0.2, 0.25) is 0 Å². The molecule has 0 aromatic carbocycles. The number of nitrogens with one attached hydrogen (secondary N) is 1. The minimum absolute atomic E-state index is 0.0572. The van der Waals surface area contributed by atoms with Crippen molar-refractivity contribution in [1.29, 1.82) is 0 Å². The number of rotatable bonds is 5. The minimum Gasteiger partial charge on any atom is -0.464 e. The van der Waals surface area contributed by atoms with Crippen LogP contribution in [0.5, 0.6) is 0 Å². The topological polar surface area (TPSA) is 118 Å². The summed E-state index contributed by atoms with van der Waals surface area (Å²) in [5.74, 6) is -0.791. The van der Waals surface area contributed by atoms with Crippen molar-refractivity contribution in [1.82, 2.24) is 4.90 Å². The summed E-state index contributed by atoms with van der Waals surface area (Å²) in [6, 6.07) is 3.39. The van der Waals surface area contributed by atoms with Gasteiger partial charge in [0, 0.05) is 23.7 Å². The second-order valence-corrected chi connectivity index (χ2v) is 8.96. The molecule has 11 heteroatoms. The van der Waals surface area contributed by atoms with Crippen LogP contribution in [0, 0.1) is 0 Å². The first-order chi connectivity index (χ1) is 14.4. The monoisotopic (exact) mass is 447 g/mol. The number of hydrogen-bond acceptors (Lipinski definition) is 8. The molecule has 0 fully saturated rings. The summed E-state index contributed by atoms with van der Waals surface area (Å²) in [5.41, 5.74) is 0.756. The Balaban J connectivity index is 1.68. The summed E-state index contributed by atoms with van der Waals surface area (Å²) in [6.45, 7) is 2.06. The number of anilines is 1. The van der Waals surface area contributed by atoms with Gasteiger partial charge in [-0.15, -0.1) is 15.7 Å². The normalized spacial score (nSPS) is 17.0. The van der Waals surface area contributed by atoms with Crippen molar-refractivity contribution < 1.29 is 27.2 Å². The highest BCUT2D eigenvalue weighted by molar-refractivity contribution is 7.90. The standard InChI is InChI=1S/C19H17N3O6S2/c1-2-27-19(24)15-13(14-6-4-9-28-14)11-29-18(15)20-17(23)12-5-3-7-22-8-10-30(25,26)21-16(12)22/h3-7,9,11H,2,8,10H2,1H3,(H,20,23). The van der Waals surface area contributed by atoms with E-state index in [4.69, 9.17) is 9.15 Å². The van der Waals surface area contributed by atoms with Crippen molar-refractivity contribution in [2.75, 3.05) is 24.2 Å². The number of fused-ring (bicyclic) bond motifs is 1. The Kier molecular flexibility index (Phi) is 5.31. The second-order valence-electron chi connectivity index (χ2n) is 6.32. The fourth-order valence-corrected chi connectivity index (χ4v) is 4.95. The molecule has 1 N–H and O–H groups in total. The van der Waals surface area contributed by atoms with Crippen LogP contribution >= 0.6 is 11.3 Å². The second kappa shape index (κ2) is 7.92. The van der Waals surface area contributed by atoms with E-state index < -0.39 is 21.9 Å². The third-order valence-electron chi connectivity index (χ3n) is 4.39. The van der Waals surface area contributed by atoms with Crippen LogP contribution in [0.3, 0.4) is 0 Å². The molecule has 0 unspecified atom stereocenters. The van der Waals surface area contributed by atoms with Gasteiger partial charge in [-0.1, -0.05) is 0 Å². The first-order valence-corrected chi connectivity index (χ1v) is 11.5. The van der Waals surface area contributed by atoms with E-state index in [0.29, 0.717) is 11.3 Å². The van der Waals surface area contributed by atoms with Crippen LogP contribution in [-0.4, -0.2) is 49.9 Å². The zero-order valence-corrected chi connectivity index (χ0v) is 17.5. The predicted molar refractivity (Wildman–Crippen MR) is 112 cm³/mol. The summed E-state index contributed by atoms with van der Waals surface area (Å²) in [5, 5.41) is 4.65. The van der Waals surface area contributed by atoms with Crippen LogP contribution in [0.4, 0.5) is 5.00 Å². The molecule has 0 saturated heterocycles. The zero-order chi connectivity index (χ0) is 21.3. The highest BCUT2D eigenvalue weighted by atomic mass is 32.2. The SMILES string of the molecule is CCOC(=O)c1c(-c2ccco2)csc1NC(=O)C1=CC=CN2CCS(=O)(=O)N=C12. The fourth-order valence-electron chi connectivity index (χ4n) is 3.03. The number of esters is 1. The number of thiophene rings is 1. The average Bonchev–Trinajstić information content (AvgIpc) is 3.36. The van der Waals surface area contributed by atoms with Crippen molar-refractivity contribution in [3.8, 4) is 11.3 Å². The molecule has 156 valence electrons. The van der Waals surface area contributed by atoms with Gasteiger partial charge in [-0.3, -0.25) is 4.79 Å². The Morgan fingerprint density at radius 2 is 2.23 bits per heavy atom. The van der Waals surface area contributed by atoms with Crippen molar-refractivity contribution in [3.63, 3.8) is 0 Å². The molecule has 0 bridgehead atoms. The Morgan fingerprint density at radius 3 is 2.97 bits per heavy atom. The summed E-state index contributed by atoms with van der Waals surface area (Å²) in [6.07, 6.45) is 6.27. The lowest BCUT2D eigenvalue weighted by Gasteiger charge is -2.28. The maximum absolute atomic E-state index is 13.0. The molecule has 9 nitrogen and oxygen atoms in total. The third-order valence-corrected chi connectivity index (χ3v) is 6.43. The number of amides is 1. The molecule has 2 aliphatic heterocycles. The Labute approximate surface area is 176 Å². The number of amidine groups is 1. The van der Waals surface area contributed by atoms with E-state index in [1.807, 2.05) is 0 Å². The van der Waals surface area contributed by atoms with Crippen LogP contribution in [-0.2, 0) is 19.6 Å². The van der Waals surface area contributed by atoms with E-state index in [1.54, 1.807) is 41.6 Å². The number of carbonyl (C=O) groups excluding carboxylic acids is 2. The minimum atomic E-state index is -3.64. The number of sulfonamides is 1. The van der Waals surface area contributed by atoms with Gasteiger partial charge < -0.3 is 19.4 Å². The van der Waals surface area contributed by atoms with E-state index in [1.165, 1.54) is 12.3 Å². The molecule has 0 spiro atoms. The van der Waals surface area contributed by atoms with Crippen molar-refractivity contribution in [3.05, 3.63) is 53.3 Å². The first kappa shape index (κ1) is 20.1. The highest BCUT2D eigenvalue weighted by Crippen LogP contribution is 2.37. The Hall–Kier alpha value is -3.18. The van der Waals surface area contributed by atoms with Gasteiger partial charge in [-0.2, -0.15) is 0 Å². The summed E-state index contributed by atoms with van der Waals surface area (Å²) < 4.78 is 38.1. The molecule has 0 saturated carbocycles. The van der Waals surface area contributed by atoms with Gasteiger partial charge in [0.1, 0.15) is 16.3 Å². The van der Waals surface area contributed by atoms with Gasteiger partial charge in [0.15, 0.2) is 5.84 Å². The van der Waals surface area contributed by atoms with Gasteiger partial charge >= 0.3 is 5.97 Å². The van der Waals surface area contributed by atoms with Gasteiger partial charge in [-0.05, 0) is 31.2 Å². The molecular formula is C19H17N3O6S2. The van der Waals surface area contributed by atoms with Crippen LogP contribution < -0.4 is 5.32 Å². The molecule has 0 atom stereocenters. The summed E-state index contributed by atoms with van der Waals surface area (Å²) in [7, 11) is -3.64. The lowest BCUT2D eigenvalue weighted by molar-refractivity contribution is -0.112. The summed E-state index contributed by atoms with van der Waals surface area (Å²) >= 11 is 1.14. The number of furan rings is 1. The van der Waals surface area contributed by atoms with Crippen LogP contribution in [0.25, 0.3) is 11.3 Å². The number of nitrogens with zero attached hydrogens (tertiary/aromatic N) is 2. The maximum Gasteiger partial charge on any atom is 0.341 e. The number of hydrogen-bond donors (Lipinski definition) is 1. The fraction of sp³-hybridized carbons (Fsp3) is 0.211.